The van der Waals surface area contributed by atoms with Crippen molar-refractivity contribution in [3.05, 3.63) is 77.9 Å². The van der Waals surface area contributed by atoms with Crippen LogP contribution >= 0.6 is 7.37 Å². The Balaban J connectivity index is 1.31. The Bertz CT molecular complexity index is 1810. The van der Waals surface area contributed by atoms with Crippen LogP contribution in [0, 0.1) is 16.7 Å². The van der Waals surface area contributed by atoms with Crippen molar-refractivity contribution in [2.75, 3.05) is 13.2 Å². The molecule has 3 aliphatic heterocycles. The fourth-order valence-electron chi connectivity index (χ4n) is 7.95. The van der Waals surface area contributed by atoms with Crippen molar-refractivity contribution in [3.8, 4) is 0 Å². The summed E-state index contributed by atoms with van der Waals surface area (Å²) in [5.41, 5.74) is 2.25. The van der Waals surface area contributed by atoms with E-state index in [0.717, 1.165) is 36.8 Å². The van der Waals surface area contributed by atoms with Gasteiger partial charge in [-0.15, -0.1) is 6.58 Å². The van der Waals surface area contributed by atoms with Crippen molar-refractivity contribution < 1.29 is 38.1 Å². The molecule has 4 aliphatic rings. The summed E-state index contributed by atoms with van der Waals surface area (Å²) in [6.07, 6.45) is 3.08. The standard InChI is InChI=1S/C40H53N4O8P/c1-7-28-21-40(28,53(49,50)30-17-9-8-10-18-30)42-34(45)32-20-29-23-44(32)35(46)33(38(2,3)4)41-36(47)51-25-39(5,6)19-12-11-14-26-15-13-16-27-22-43(24-31(26)27)37(48)52-29/h7-10,13,15-18,28-29,32-33H,1,11-12,14,19-25H2,2-6H3,(H,41,47)(H,42,45)(H,49,50)/t28-,29+,32-,33+,40+/m0/s1. The highest BCUT2D eigenvalue weighted by atomic mass is 31.2. The highest BCUT2D eigenvalue weighted by Gasteiger charge is 2.66. The molecule has 2 aromatic rings. The normalized spacial score (nSPS) is 28.9. The first-order valence-corrected chi connectivity index (χ1v) is 20.2. The molecule has 6 rings (SSSR count). The van der Waals surface area contributed by atoms with Gasteiger partial charge in [0.2, 0.25) is 11.8 Å². The summed E-state index contributed by atoms with van der Waals surface area (Å²) < 4.78 is 25.8. The molecule has 0 radical (unpaired) electrons. The molecule has 0 aromatic heterocycles. The Morgan fingerprint density at radius 3 is 2.45 bits per heavy atom. The average molecular weight is 749 g/mol. The van der Waals surface area contributed by atoms with Crippen LogP contribution in [0.15, 0.2) is 61.2 Å². The predicted octanol–water partition coefficient (Wildman–Crippen LogP) is 5.62. The van der Waals surface area contributed by atoms with E-state index in [2.05, 4.69) is 23.3 Å². The molecule has 286 valence electrons. The van der Waals surface area contributed by atoms with E-state index in [9.17, 15) is 28.6 Å². The highest BCUT2D eigenvalue weighted by Crippen LogP contribution is 2.68. The van der Waals surface area contributed by atoms with Gasteiger partial charge in [0, 0.05) is 30.7 Å². The van der Waals surface area contributed by atoms with E-state index < -0.39 is 66.2 Å². The molecule has 6 atom stereocenters. The predicted molar refractivity (Wildman–Crippen MR) is 200 cm³/mol. The Morgan fingerprint density at radius 2 is 1.77 bits per heavy atom. The molecule has 12 nitrogen and oxygen atoms in total. The molecule has 53 heavy (non-hydrogen) atoms. The lowest BCUT2D eigenvalue weighted by Gasteiger charge is -2.36. The number of hydrogen-bond acceptors (Lipinski definition) is 7. The zero-order chi connectivity index (χ0) is 38.3. The van der Waals surface area contributed by atoms with Crippen LogP contribution in [0.5, 0.6) is 0 Å². The molecular weight excluding hydrogens is 695 g/mol. The monoisotopic (exact) mass is 748 g/mol. The number of benzene rings is 2. The van der Waals surface area contributed by atoms with Crippen LogP contribution in [-0.4, -0.2) is 75.3 Å². The van der Waals surface area contributed by atoms with Gasteiger partial charge in [-0.05, 0) is 65.3 Å². The molecule has 1 aliphatic carbocycles. The number of carbonyl (C=O) groups excluding carboxylic acids is 4. The number of nitrogens with zero attached hydrogens (tertiary/aromatic N) is 2. The van der Waals surface area contributed by atoms with Crippen LogP contribution in [0.3, 0.4) is 0 Å². The Morgan fingerprint density at radius 1 is 1.06 bits per heavy atom. The molecule has 13 heteroatoms. The fraction of sp³-hybridized carbons (Fsp3) is 0.550. The molecular formula is C40H53N4O8P. The molecule has 3 heterocycles. The maximum Gasteiger partial charge on any atom is 0.410 e. The van der Waals surface area contributed by atoms with Gasteiger partial charge in [0.25, 0.3) is 7.37 Å². The maximum absolute atomic E-state index is 14.6. The third-order valence-corrected chi connectivity index (χ3v) is 13.9. The molecule has 2 fully saturated rings. The summed E-state index contributed by atoms with van der Waals surface area (Å²) in [5.74, 6) is -1.69. The zero-order valence-corrected chi connectivity index (χ0v) is 32.3. The van der Waals surface area contributed by atoms with E-state index in [0.29, 0.717) is 13.1 Å². The SMILES string of the molecule is C=C[C@H]1C[C@@]1(NC(=O)[C@@H]1C[C@@H]2CN1C(=O)[C@H](C(C)(C)C)NC(=O)OCC(C)(C)CCCCc1cccc3c1CN(C3)C(=O)O2)P(=O)(O)c1ccccc1. The zero-order valence-electron chi connectivity index (χ0n) is 31.4. The van der Waals surface area contributed by atoms with Crippen molar-refractivity contribution in [2.24, 2.45) is 16.7 Å². The second-order valence-electron chi connectivity index (χ2n) is 16.9. The number of alkyl carbamates (subject to hydrolysis) is 1. The molecule has 1 unspecified atom stereocenters. The van der Waals surface area contributed by atoms with Gasteiger partial charge in [-0.25, -0.2) is 9.59 Å². The number of hydrogen-bond donors (Lipinski definition) is 3. The number of aryl methyl sites for hydroxylation is 1. The maximum atomic E-state index is 14.6. The second-order valence-corrected chi connectivity index (χ2v) is 19.4. The lowest BCUT2D eigenvalue weighted by Crippen LogP contribution is -2.58. The van der Waals surface area contributed by atoms with Crippen molar-refractivity contribution in [1.29, 1.82) is 0 Å². The molecule has 2 aromatic carbocycles. The van der Waals surface area contributed by atoms with E-state index in [1.165, 1.54) is 10.5 Å². The average Bonchev–Trinajstić information content (AvgIpc) is 3.42. The minimum absolute atomic E-state index is 0.0409. The minimum atomic E-state index is -4.19. The van der Waals surface area contributed by atoms with Crippen LogP contribution in [-0.2, 0) is 43.1 Å². The first kappa shape index (κ1) is 38.6. The largest absolute Gasteiger partial charge is 0.449 e. The van der Waals surface area contributed by atoms with Crippen LogP contribution in [0.4, 0.5) is 9.59 Å². The van der Waals surface area contributed by atoms with Gasteiger partial charge in [-0.2, -0.15) is 0 Å². The lowest BCUT2D eigenvalue weighted by molar-refractivity contribution is -0.142. The Kier molecular flexibility index (Phi) is 10.6. The number of carbonyl (C=O) groups is 4. The van der Waals surface area contributed by atoms with Gasteiger partial charge in [-0.1, -0.05) is 83.5 Å². The van der Waals surface area contributed by atoms with E-state index in [1.54, 1.807) is 62.1 Å². The Hall–Kier alpha value is -4.15. The van der Waals surface area contributed by atoms with Gasteiger partial charge < -0.3 is 29.9 Å². The topological polar surface area (TPSA) is 155 Å². The number of nitrogens with one attached hydrogen (secondary N) is 2. The summed E-state index contributed by atoms with van der Waals surface area (Å²) in [6.45, 7) is 14.2. The minimum Gasteiger partial charge on any atom is -0.449 e. The number of rotatable bonds is 5. The molecule has 0 spiro atoms. The number of ether oxygens (including phenoxy) is 2. The second kappa shape index (κ2) is 14.6. The third-order valence-electron chi connectivity index (χ3n) is 11.2. The lowest BCUT2D eigenvalue weighted by atomic mass is 9.85. The smallest absolute Gasteiger partial charge is 0.410 e. The fourth-order valence-corrected chi connectivity index (χ4v) is 10.3. The van der Waals surface area contributed by atoms with Crippen LogP contribution in [0.1, 0.15) is 83.4 Å². The van der Waals surface area contributed by atoms with Crippen LogP contribution in [0.2, 0.25) is 0 Å². The van der Waals surface area contributed by atoms with Gasteiger partial charge in [0.05, 0.1) is 13.2 Å². The van der Waals surface area contributed by atoms with Crippen molar-refractivity contribution >= 4 is 36.7 Å². The van der Waals surface area contributed by atoms with E-state index >= 15 is 0 Å². The molecule has 1 saturated heterocycles. The third kappa shape index (κ3) is 7.90. The number of fused-ring (bicyclic) bond motifs is 3. The van der Waals surface area contributed by atoms with Gasteiger partial charge in [-0.3, -0.25) is 19.1 Å². The number of cyclic esters (lactones) is 1. The van der Waals surface area contributed by atoms with Gasteiger partial charge in [0.15, 0.2) is 0 Å². The molecule has 3 N–H and O–H groups in total. The summed E-state index contributed by atoms with van der Waals surface area (Å²) in [5, 5.41) is 4.32. The summed E-state index contributed by atoms with van der Waals surface area (Å²) in [4.78, 5) is 70.4. The number of amides is 4. The van der Waals surface area contributed by atoms with E-state index in [-0.39, 0.29) is 36.7 Å². The van der Waals surface area contributed by atoms with Crippen LogP contribution in [0.25, 0.3) is 0 Å². The van der Waals surface area contributed by atoms with E-state index in [4.69, 9.17) is 9.47 Å². The first-order valence-electron chi connectivity index (χ1n) is 18.6. The quantitative estimate of drug-likeness (QED) is 0.263. The summed E-state index contributed by atoms with van der Waals surface area (Å²) >= 11 is 0. The Labute approximate surface area is 312 Å². The van der Waals surface area contributed by atoms with Crippen molar-refractivity contribution in [3.63, 3.8) is 0 Å². The van der Waals surface area contributed by atoms with Crippen molar-refractivity contribution in [1.82, 2.24) is 20.4 Å². The highest BCUT2D eigenvalue weighted by molar-refractivity contribution is 7.68. The molecule has 4 bridgehead atoms. The van der Waals surface area contributed by atoms with Crippen molar-refractivity contribution in [2.45, 2.75) is 110 Å². The van der Waals surface area contributed by atoms with E-state index in [1.807, 2.05) is 26.0 Å². The van der Waals surface area contributed by atoms with Gasteiger partial charge >= 0.3 is 12.2 Å². The summed E-state index contributed by atoms with van der Waals surface area (Å²) in [7, 11) is -4.19. The van der Waals surface area contributed by atoms with Crippen LogP contribution < -0.4 is 15.9 Å². The molecule has 4 amide bonds. The first-order chi connectivity index (χ1) is 25.0. The van der Waals surface area contributed by atoms with Gasteiger partial charge in [0.1, 0.15) is 23.5 Å². The summed E-state index contributed by atoms with van der Waals surface area (Å²) in [6, 6.07) is 12.0. The molecule has 1 saturated carbocycles.